The highest BCUT2D eigenvalue weighted by molar-refractivity contribution is 7.99. The maximum absolute atomic E-state index is 4.56. The molecule has 1 aromatic heterocycles. The highest BCUT2D eigenvalue weighted by atomic mass is 32.2. The Bertz CT molecular complexity index is 538. The van der Waals surface area contributed by atoms with E-state index in [2.05, 4.69) is 59.2 Å². The lowest BCUT2D eigenvalue weighted by Gasteiger charge is -2.32. The van der Waals surface area contributed by atoms with Crippen LogP contribution in [0.15, 0.2) is 52.4 Å². The SMILES string of the molecule is CN(C)CCN1c2ccccc2Sc2cccnc21. The topological polar surface area (TPSA) is 19.4 Å². The Labute approximate surface area is 118 Å². The van der Waals surface area contributed by atoms with Crippen LogP contribution in [0.5, 0.6) is 0 Å². The second-order valence-electron chi connectivity index (χ2n) is 4.85. The van der Waals surface area contributed by atoms with Crippen molar-refractivity contribution < 1.29 is 0 Å². The van der Waals surface area contributed by atoms with Gasteiger partial charge in [-0.05, 0) is 38.4 Å². The summed E-state index contributed by atoms with van der Waals surface area (Å²) in [4.78, 5) is 11.6. The molecule has 0 fully saturated rings. The third-order valence-corrected chi connectivity index (χ3v) is 4.26. The van der Waals surface area contributed by atoms with Gasteiger partial charge in [0.15, 0.2) is 0 Å². The fourth-order valence-electron chi connectivity index (χ4n) is 2.19. The number of hydrogen-bond acceptors (Lipinski definition) is 4. The first-order chi connectivity index (χ1) is 9.25. The summed E-state index contributed by atoms with van der Waals surface area (Å²) < 4.78 is 0. The number of pyridine rings is 1. The molecule has 1 aliphatic heterocycles. The summed E-state index contributed by atoms with van der Waals surface area (Å²) in [5, 5.41) is 0. The van der Waals surface area contributed by atoms with Crippen molar-refractivity contribution in [3.8, 4) is 0 Å². The quantitative estimate of drug-likeness (QED) is 0.853. The van der Waals surface area contributed by atoms with Crippen LogP contribution in [0.25, 0.3) is 0 Å². The third kappa shape index (κ3) is 2.46. The Morgan fingerprint density at radius 2 is 1.89 bits per heavy atom. The zero-order chi connectivity index (χ0) is 13.2. The number of para-hydroxylation sites is 1. The monoisotopic (exact) mass is 271 g/mol. The predicted octanol–water partition coefficient (Wildman–Crippen LogP) is 3.25. The van der Waals surface area contributed by atoms with Gasteiger partial charge in [-0.15, -0.1) is 0 Å². The van der Waals surface area contributed by atoms with E-state index < -0.39 is 0 Å². The second kappa shape index (κ2) is 5.23. The lowest BCUT2D eigenvalue weighted by Crippen LogP contribution is -2.30. The van der Waals surface area contributed by atoms with Crippen molar-refractivity contribution in [3.05, 3.63) is 42.6 Å². The van der Waals surface area contributed by atoms with Crippen molar-refractivity contribution in [2.75, 3.05) is 32.1 Å². The van der Waals surface area contributed by atoms with E-state index in [4.69, 9.17) is 0 Å². The van der Waals surface area contributed by atoms with Crippen LogP contribution < -0.4 is 4.90 Å². The third-order valence-electron chi connectivity index (χ3n) is 3.15. The van der Waals surface area contributed by atoms with E-state index in [0.29, 0.717) is 0 Å². The van der Waals surface area contributed by atoms with Crippen LogP contribution in [-0.4, -0.2) is 37.1 Å². The van der Waals surface area contributed by atoms with Gasteiger partial charge in [0, 0.05) is 24.2 Å². The summed E-state index contributed by atoms with van der Waals surface area (Å²) in [6, 6.07) is 12.7. The molecule has 98 valence electrons. The molecular formula is C15H17N3S. The minimum Gasteiger partial charge on any atom is -0.323 e. The van der Waals surface area contributed by atoms with E-state index in [9.17, 15) is 0 Å². The molecule has 0 amide bonds. The summed E-state index contributed by atoms with van der Waals surface area (Å²) in [6.07, 6.45) is 1.87. The highest BCUT2D eigenvalue weighted by Gasteiger charge is 2.23. The van der Waals surface area contributed by atoms with Crippen LogP contribution in [0.1, 0.15) is 0 Å². The summed E-state index contributed by atoms with van der Waals surface area (Å²) >= 11 is 1.80. The molecule has 19 heavy (non-hydrogen) atoms. The zero-order valence-corrected chi connectivity index (χ0v) is 12.0. The van der Waals surface area contributed by atoms with Gasteiger partial charge in [0.25, 0.3) is 0 Å². The predicted molar refractivity (Wildman–Crippen MR) is 80.4 cm³/mol. The van der Waals surface area contributed by atoms with E-state index >= 15 is 0 Å². The fourth-order valence-corrected chi connectivity index (χ4v) is 3.26. The molecule has 0 radical (unpaired) electrons. The normalized spacial score (nSPS) is 13.3. The second-order valence-corrected chi connectivity index (χ2v) is 5.93. The van der Waals surface area contributed by atoms with Gasteiger partial charge in [-0.25, -0.2) is 4.98 Å². The molecule has 4 heteroatoms. The molecule has 0 saturated carbocycles. The smallest absolute Gasteiger partial charge is 0.147 e. The van der Waals surface area contributed by atoms with Gasteiger partial charge in [0.1, 0.15) is 5.82 Å². The number of likely N-dealkylation sites (N-methyl/N-ethyl adjacent to an activating group) is 1. The van der Waals surface area contributed by atoms with Gasteiger partial charge in [-0.2, -0.15) is 0 Å². The maximum atomic E-state index is 4.56. The number of fused-ring (bicyclic) bond motifs is 2. The lowest BCUT2D eigenvalue weighted by atomic mass is 10.2. The van der Waals surface area contributed by atoms with Crippen LogP contribution in [0.4, 0.5) is 11.5 Å². The molecule has 1 aliphatic rings. The lowest BCUT2D eigenvalue weighted by molar-refractivity contribution is 0.418. The first-order valence-corrected chi connectivity index (χ1v) is 7.21. The fraction of sp³-hybridized carbons (Fsp3) is 0.267. The van der Waals surface area contributed by atoms with E-state index in [1.165, 1.54) is 15.5 Å². The Morgan fingerprint density at radius 1 is 1.11 bits per heavy atom. The van der Waals surface area contributed by atoms with Crippen LogP contribution in [0, 0.1) is 0 Å². The molecule has 0 atom stereocenters. The Balaban J connectivity index is 2.01. The number of benzene rings is 1. The van der Waals surface area contributed by atoms with Crippen LogP contribution in [0.3, 0.4) is 0 Å². The zero-order valence-electron chi connectivity index (χ0n) is 11.2. The van der Waals surface area contributed by atoms with Crippen molar-refractivity contribution in [2.24, 2.45) is 0 Å². The van der Waals surface area contributed by atoms with Crippen LogP contribution >= 0.6 is 11.8 Å². The summed E-state index contributed by atoms with van der Waals surface area (Å²) in [5.74, 6) is 1.08. The largest absolute Gasteiger partial charge is 0.323 e. The van der Waals surface area contributed by atoms with Gasteiger partial charge in [-0.1, -0.05) is 23.9 Å². The van der Waals surface area contributed by atoms with E-state index in [1.807, 2.05) is 12.3 Å². The average molecular weight is 271 g/mol. The summed E-state index contributed by atoms with van der Waals surface area (Å²) in [6.45, 7) is 1.96. The molecule has 0 spiro atoms. The van der Waals surface area contributed by atoms with Crippen molar-refractivity contribution in [1.29, 1.82) is 0 Å². The minimum absolute atomic E-state index is 0.953. The molecule has 3 rings (SSSR count). The van der Waals surface area contributed by atoms with Gasteiger partial charge < -0.3 is 9.80 Å². The summed E-state index contributed by atoms with van der Waals surface area (Å²) in [5.41, 5.74) is 1.26. The Kier molecular flexibility index (Phi) is 3.44. The molecule has 2 heterocycles. The van der Waals surface area contributed by atoms with Crippen molar-refractivity contribution >= 4 is 23.3 Å². The van der Waals surface area contributed by atoms with Gasteiger partial charge in [0.05, 0.1) is 10.6 Å². The van der Waals surface area contributed by atoms with Gasteiger partial charge in [-0.3, -0.25) is 0 Å². The van der Waals surface area contributed by atoms with Crippen molar-refractivity contribution in [1.82, 2.24) is 9.88 Å². The molecule has 0 bridgehead atoms. The van der Waals surface area contributed by atoms with Crippen LogP contribution in [-0.2, 0) is 0 Å². The minimum atomic E-state index is 0.953. The molecule has 0 saturated heterocycles. The van der Waals surface area contributed by atoms with E-state index in [-0.39, 0.29) is 0 Å². The average Bonchev–Trinajstić information content (AvgIpc) is 2.43. The number of nitrogens with zero attached hydrogens (tertiary/aromatic N) is 3. The van der Waals surface area contributed by atoms with E-state index in [1.54, 1.807) is 11.8 Å². The highest BCUT2D eigenvalue weighted by Crippen LogP contribution is 2.46. The first kappa shape index (κ1) is 12.5. The number of anilines is 2. The number of aromatic nitrogens is 1. The molecule has 3 nitrogen and oxygen atoms in total. The molecule has 0 aliphatic carbocycles. The maximum Gasteiger partial charge on any atom is 0.147 e. The molecule has 0 unspecified atom stereocenters. The molecule has 1 aromatic carbocycles. The van der Waals surface area contributed by atoms with Crippen LogP contribution in [0.2, 0.25) is 0 Å². The molecular weight excluding hydrogens is 254 g/mol. The Morgan fingerprint density at radius 3 is 2.74 bits per heavy atom. The Hall–Kier alpha value is -1.52. The molecule has 2 aromatic rings. The van der Waals surface area contributed by atoms with Gasteiger partial charge in [0.2, 0.25) is 0 Å². The van der Waals surface area contributed by atoms with Gasteiger partial charge >= 0.3 is 0 Å². The molecule has 0 N–H and O–H groups in total. The first-order valence-electron chi connectivity index (χ1n) is 6.40. The number of hydrogen-bond donors (Lipinski definition) is 0. The standard InChI is InChI=1S/C15H17N3S/c1-17(2)10-11-18-12-6-3-4-7-13(12)19-14-8-5-9-16-15(14)18/h3-9H,10-11H2,1-2H3. The van der Waals surface area contributed by atoms with Crippen molar-refractivity contribution in [3.63, 3.8) is 0 Å². The summed E-state index contributed by atoms with van der Waals surface area (Å²) in [7, 11) is 4.20. The number of rotatable bonds is 3. The van der Waals surface area contributed by atoms with Crippen molar-refractivity contribution in [2.45, 2.75) is 9.79 Å². The van der Waals surface area contributed by atoms with E-state index in [0.717, 1.165) is 18.9 Å².